The molecule has 2 amide bonds. The third-order valence-electron chi connectivity index (χ3n) is 4.52. The van der Waals surface area contributed by atoms with Gasteiger partial charge in [-0.15, -0.1) is 0 Å². The summed E-state index contributed by atoms with van der Waals surface area (Å²) in [5.74, 6) is 0.950. The molecule has 2 heterocycles. The van der Waals surface area contributed by atoms with Crippen LogP contribution in [0.25, 0.3) is 0 Å². The van der Waals surface area contributed by atoms with Crippen LogP contribution in [0, 0.1) is 10.1 Å². The van der Waals surface area contributed by atoms with Crippen LogP contribution in [0.1, 0.15) is 18.4 Å². The van der Waals surface area contributed by atoms with Crippen molar-refractivity contribution >= 4 is 23.2 Å². The molecule has 0 atom stereocenters. The van der Waals surface area contributed by atoms with E-state index in [4.69, 9.17) is 0 Å². The Labute approximate surface area is 163 Å². The van der Waals surface area contributed by atoms with Gasteiger partial charge in [-0.25, -0.2) is 9.78 Å². The minimum Gasteiger partial charge on any atom is -0.378 e. The minimum atomic E-state index is -0.437. The number of nitro groups is 1. The highest BCUT2D eigenvalue weighted by Gasteiger charge is 2.14. The summed E-state index contributed by atoms with van der Waals surface area (Å²) in [6, 6.07) is 10.0. The van der Waals surface area contributed by atoms with Crippen molar-refractivity contribution in [1.82, 2.24) is 15.6 Å². The number of para-hydroxylation sites is 2. The Balaban J connectivity index is 1.39. The third-order valence-corrected chi connectivity index (χ3v) is 4.52. The normalized spacial score (nSPS) is 13.2. The fraction of sp³-hybridized carbons (Fsp3) is 0.368. The van der Waals surface area contributed by atoms with Crippen LogP contribution in [0.5, 0.6) is 0 Å². The summed E-state index contributed by atoms with van der Waals surface area (Å²) in [6.07, 6.45) is 4.14. The Morgan fingerprint density at radius 3 is 2.71 bits per heavy atom. The first-order valence-electron chi connectivity index (χ1n) is 9.32. The SMILES string of the molecule is O=C(NCCNc1ccccc1[N+](=O)[O-])NCc1ccnc(N2CCCC2)c1. The molecule has 1 aliphatic heterocycles. The molecule has 0 bridgehead atoms. The van der Waals surface area contributed by atoms with Crippen molar-refractivity contribution in [2.24, 2.45) is 0 Å². The smallest absolute Gasteiger partial charge is 0.315 e. The summed E-state index contributed by atoms with van der Waals surface area (Å²) in [4.78, 5) is 29.1. The van der Waals surface area contributed by atoms with Crippen LogP contribution in [0.2, 0.25) is 0 Å². The predicted octanol–water partition coefficient (Wildman–Crippen LogP) is 2.50. The maximum Gasteiger partial charge on any atom is 0.315 e. The lowest BCUT2D eigenvalue weighted by molar-refractivity contribution is -0.384. The van der Waals surface area contributed by atoms with Gasteiger partial charge in [-0.05, 0) is 36.6 Å². The summed E-state index contributed by atoms with van der Waals surface area (Å²) < 4.78 is 0. The average molecular weight is 384 g/mol. The monoisotopic (exact) mass is 384 g/mol. The highest BCUT2D eigenvalue weighted by molar-refractivity contribution is 5.74. The van der Waals surface area contributed by atoms with Gasteiger partial charge in [-0.2, -0.15) is 0 Å². The molecule has 2 aromatic rings. The summed E-state index contributed by atoms with van der Waals surface area (Å²) >= 11 is 0. The maximum atomic E-state index is 12.0. The van der Waals surface area contributed by atoms with Crippen LogP contribution in [0.15, 0.2) is 42.6 Å². The van der Waals surface area contributed by atoms with Crippen molar-refractivity contribution in [3.8, 4) is 0 Å². The molecular formula is C19H24N6O3. The fourth-order valence-electron chi connectivity index (χ4n) is 3.09. The molecule has 9 heteroatoms. The zero-order valence-corrected chi connectivity index (χ0v) is 15.6. The second kappa shape index (κ2) is 9.54. The van der Waals surface area contributed by atoms with Crippen LogP contribution < -0.4 is 20.9 Å². The van der Waals surface area contributed by atoms with Crippen LogP contribution in [-0.4, -0.2) is 42.1 Å². The standard InChI is InChI=1S/C19H24N6O3/c26-19(22-10-9-20-16-5-1-2-6-17(16)25(27)28)23-14-15-7-8-21-18(13-15)24-11-3-4-12-24/h1-2,5-8,13,20H,3-4,9-12,14H2,(H2,22,23,26). The molecule has 28 heavy (non-hydrogen) atoms. The van der Waals surface area contributed by atoms with E-state index in [1.165, 1.54) is 18.9 Å². The maximum absolute atomic E-state index is 12.0. The fourth-order valence-corrected chi connectivity index (χ4v) is 3.09. The number of carbonyl (C=O) groups excluding carboxylic acids is 1. The number of amides is 2. The lowest BCUT2D eigenvalue weighted by atomic mass is 10.2. The van der Waals surface area contributed by atoms with Gasteiger partial charge in [0.2, 0.25) is 0 Å². The van der Waals surface area contributed by atoms with Crippen LogP contribution in [-0.2, 0) is 6.54 Å². The molecule has 0 saturated carbocycles. The first-order valence-corrected chi connectivity index (χ1v) is 9.32. The summed E-state index contributed by atoms with van der Waals surface area (Å²) in [5, 5.41) is 19.5. The molecule has 3 N–H and O–H groups in total. The second-order valence-electron chi connectivity index (χ2n) is 6.53. The van der Waals surface area contributed by atoms with E-state index < -0.39 is 4.92 Å². The van der Waals surface area contributed by atoms with Gasteiger partial charge in [0, 0.05) is 45.0 Å². The number of urea groups is 1. The highest BCUT2D eigenvalue weighted by atomic mass is 16.6. The number of nitrogens with one attached hydrogen (secondary N) is 3. The van der Waals surface area contributed by atoms with E-state index in [0.29, 0.717) is 25.3 Å². The molecule has 0 aliphatic carbocycles. The van der Waals surface area contributed by atoms with Crippen molar-refractivity contribution in [2.45, 2.75) is 19.4 Å². The molecule has 3 rings (SSSR count). The van der Waals surface area contributed by atoms with E-state index in [2.05, 4.69) is 25.8 Å². The zero-order valence-electron chi connectivity index (χ0n) is 15.6. The first kappa shape index (κ1) is 19.4. The number of nitrogens with zero attached hydrogens (tertiary/aromatic N) is 3. The Morgan fingerprint density at radius 1 is 1.14 bits per heavy atom. The Hall–Kier alpha value is -3.36. The number of pyridine rings is 1. The van der Waals surface area contributed by atoms with Crippen LogP contribution in [0.4, 0.5) is 22.0 Å². The number of rotatable bonds is 8. The Kier molecular flexibility index (Phi) is 6.61. The second-order valence-corrected chi connectivity index (χ2v) is 6.53. The van der Waals surface area contributed by atoms with E-state index in [-0.39, 0.29) is 11.7 Å². The van der Waals surface area contributed by atoms with Crippen LogP contribution in [0.3, 0.4) is 0 Å². The number of aromatic nitrogens is 1. The van der Waals surface area contributed by atoms with E-state index in [1.807, 2.05) is 12.1 Å². The molecule has 0 unspecified atom stereocenters. The van der Waals surface area contributed by atoms with E-state index in [1.54, 1.807) is 24.4 Å². The molecule has 9 nitrogen and oxygen atoms in total. The number of hydrogen-bond donors (Lipinski definition) is 3. The van der Waals surface area contributed by atoms with Crippen molar-refractivity contribution in [1.29, 1.82) is 0 Å². The average Bonchev–Trinajstić information content (AvgIpc) is 3.25. The van der Waals surface area contributed by atoms with Gasteiger partial charge in [-0.3, -0.25) is 10.1 Å². The highest BCUT2D eigenvalue weighted by Crippen LogP contribution is 2.22. The van der Waals surface area contributed by atoms with E-state index >= 15 is 0 Å². The molecule has 1 aromatic heterocycles. The van der Waals surface area contributed by atoms with Gasteiger partial charge in [0.05, 0.1) is 4.92 Å². The summed E-state index contributed by atoms with van der Waals surface area (Å²) in [6.45, 7) is 3.18. The van der Waals surface area contributed by atoms with Crippen LogP contribution >= 0.6 is 0 Å². The third kappa shape index (κ3) is 5.32. The van der Waals surface area contributed by atoms with Gasteiger partial charge in [-0.1, -0.05) is 12.1 Å². The largest absolute Gasteiger partial charge is 0.378 e. The zero-order chi connectivity index (χ0) is 19.8. The summed E-state index contributed by atoms with van der Waals surface area (Å²) in [5.41, 5.74) is 1.43. The van der Waals surface area contributed by atoms with Gasteiger partial charge in [0.1, 0.15) is 11.5 Å². The van der Waals surface area contributed by atoms with Crippen molar-refractivity contribution in [2.75, 3.05) is 36.4 Å². The lowest BCUT2D eigenvalue weighted by Gasteiger charge is -2.17. The molecule has 1 saturated heterocycles. The molecule has 1 aliphatic rings. The minimum absolute atomic E-state index is 0.0124. The van der Waals surface area contributed by atoms with Gasteiger partial charge in [0.15, 0.2) is 0 Å². The number of nitro benzene ring substituents is 1. The molecule has 1 fully saturated rings. The number of anilines is 2. The van der Waals surface area contributed by atoms with Gasteiger partial charge >= 0.3 is 6.03 Å². The number of hydrogen-bond acceptors (Lipinski definition) is 6. The summed E-state index contributed by atoms with van der Waals surface area (Å²) in [7, 11) is 0. The van der Waals surface area contributed by atoms with Gasteiger partial charge in [0.25, 0.3) is 5.69 Å². The Bertz CT molecular complexity index is 823. The first-order chi connectivity index (χ1) is 13.6. The predicted molar refractivity (Wildman–Crippen MR) is 108 cm³/mol. The quantitative estimate of drug-likeness (QED) is 0.366. The van der Waals surface area contributed by atoms with Crippen molar-refractivity contribution in [3.05, 3.63) is 58.3 Å². The topological polar surface area (TPSA) is 112 Å². The lowest BCUT2D eigenvalue weighted by Crippen LogP contribution is -2.37. The molecule has 0 spiro atoms. The van der Waals surface area contributed by atoms with Crippen molar-refractivity contribution < 1.29 is 9.72 Å². The molecule has 1 aromatic carbocycles. The van der Waals surface area contributed by atoms with Crippen molar-refractivity contribution in [3.63, 3.8) is 0 Å². The number of carbonyl (C=O) groups is 1. The van der Waals surface area contributed by atoms with Gasteiger partial charge < -0.3 is 20.9 Å². The molecule has 0 radical (unpaired) electrons. The molecule has 148 valence electrons. The van der Waals surface area contributed by atoms with E-state index in [9.17, 15) is 14.9 Å². The Morgan fingerprint density at radius 2 is 1.93 bits per heavy atom. The molecular weight excluding hydrogens is 360 g/mol. The van der Waals surface area contributed by atoms with E-state index in [0.717, 1.165) is 24.5 Å². The number of benzene rings is 1.